The summed E-state index contributed by atoms with van der Waals surface area (Å²) in [5, 5.41) is 2.72. The van der Waals surface area contributed by atoms with Crippen molar-refractivity contribution in [1.29, 1.82) is 0 Å². The molecule has 2 aromatic carbocycles. The zero-order valence-electron chi connectivity index (χ0n) is 11.1. The Kier molecular flexibility index (Phi) is 4.78. The maximum atomic E-state index is 11.7. The fourth-order valence-electron chi connectivity index (χ4n) is 1.56. The average molecular weight is 269 g/mol. The van der Waals surface area contributed by atoms with Gasteiger partial charge in [-0.25, -0.2) is 0 Å². The minimum Gasteiger partial charge on any atom is -0.497 e. The lowest BCUT2D eigenvalue weighted by atomic mass is 10.3. The molecule has 4 heteroatoms. The molecule has 0 atom stereocenters. The zero-order chi connectivity index (χ0) is 14.2. The third-order valence-electron chi connectivity index (χ3n) is 2.50. The summed E-state index contributed by atoms with van der Waals surface area (Å²) < 4.78 is 10.4. The number of rotatable bonds is 5. The Hall–Kier alpha value is -2.75. The third kappa shape index (κ3) is 4.17. The van der Waals surface area contributed by atoms with E-state index < -0.39 is 0 Å². The molecule has 0 heterocycles. The molecule has 2 aromatic rings. The minimum absolute atomic E-state index is 0.269. The second kappa shape index (κ2) is 6.99. The van der Waals surface area contributed by atoms with Gasteiger partial charge in [-0.1, -0.05) is 24.3 Å². The van der Waals surface area contributed by atoms with Crippen LogP contribution in [0.5, 0.6) is 11.5 Å². The van der Waals surface area contributed by atoms with Crippen LogP contribution in [0.1, 0.15) is 0 Å². The number of nitrogens with one attached hydrogen (secondary N) is 1. The first-order chi connectivity index (χ1) is 9.78. The number of carbonyl (C=O) groups excluding carboxylic acids is 1. The van der Waals surface area contributed by atoms with Crippen LogP contribution in [0.4, 0.5) is 5.69 Å². The van der Waals surface area contributed by atoms with Gasteiger partial charge in [-0.15, -0.1) is 0 Å². The predicted octanol–water partition coefficient (Wildman–Crippen LogP) is 3.23. The Bertz CT molecular complexity index is 594. The molecule has 0 unspecified atom stereocenters. The van der Waals surface area contributed by atoms with Crippen LogP contribution in [0.15, 0.2) is 66.9 Å². The van der Waals surface area contributed by atoms with Crippen molar-refractivity contribution in [2.24, 2.45) is 0 Å². The van der Waals surface area contributed by atoms with E-state index in [0.717, 1.165) is 0 Å². The summed E-state index contributed by atoms with van der Waals surface area (Å²) in [6.45, 7) is 0. The van der Waals surface area contributed by atoms with Crippen LogP contribution in [0, 0.1) is 0 Å². The van der Waals surface area contributed by atoms with Crippen LogP contribution < -0.4 is 14.8 Å². The summed E-state index contributed by atoms with van der Waals surface area (Å²) in [7, 11) is 1.58. The highest BCUT2D eigenvalue weighted by molar-refractivity contribution is 5.99. The lowest BCUT2D eigenvalue weighted by Gasteiger charge is -2.04. The van der Waals surface area contributed by atoms with Gasteiger partial charge in [0.05, 0.1) is 13.4 Å². The van der Waals surface area contributed by atoms with Gasteiger partial charge < -0.3 is 14.8 Å². The molecule has 0 saturated heterocycles. The van der Waals surface area contributed by atoms with E-state index >= 15 is 0 Å². The van der Waals surface area contributed by atoms with Crippen molar-refractivity contribution in [3.05, 3.63) is 66.9 Å². The zero-order valence-corrected chi connectivity index (χ0v) is 11.1. The summed E-state index contributed by atoms with van der Waals surface area (Å²) in [5.74, 6) is 1.10. The van der Waals surface area contributed by atoms with Gasteiger partial charge in [-0.3, -0.25) is 4.79 Å². The molecule has 0 aliphatic heterocycles. The van der Waals surface area contributed by atoms with Gasteiger partial charge in [0.1, 0.15) is 11.5 Å². The van der Waals surface area contributed by atoms with Crippen molar-refractivity contribution >= 4 is 11.6 Å². The smallest absolute Gasteiger partial charge is 0.251 e. The first-order valence-corrected chi connectivity index (χ1v) is 6.11. The Balaban J connectivity index is 1.88. The van der Waals surface area contributed by atoms with E-state index in [4.69, 9.17) is 9.47 Å². The Morgan fingerprint density at radius 2 is 1.80 bits per heavy atom. The summed E-state index contributed by atoms with van der Waals surface area (Å²) in [5.41, 5.74) is 0.665. The summed E-state index contributed by atoms with van der Waals surface area (Å²) >= 11 is 0. The number of anilines is 1. The molecular weight excluding hydrogens is 254 g/mol. The highest BCUT2D eigenvalue weighted by Crippen LogP contribution is 2.16. The standard InChI is InChI=1S/C16H15NO3/c1-19-15-9-5-6-13(12-15)17-16(18)10-11-20-14-7-3-2-4-8-14/h2-12H,1H3,(H,17,18). The summed E-state index contributed by atoms with van der Waals surface area (Å²) in [6.07, 6.45) is 2.68. The molecule has 0 spiro atoms. The molecule has 0 aliphatic rings. The van der Waals surface area contributed by atoms with Crippen molar-refractivity contribution in [2.75, 3.05) is 12.4 Å². The van der Waals surface area contributed by atoms with Gasteiger partial charge in [0, 0.05) is 17.8 Å². The largest absolute Gasteiger partial charge is 0.497 e. The Morgan fingerprint density at radius 1 is 1.05 bits per heavy atom. The number of methoxy groups -OCH3 is 1. The third-order valence-corrected chi connectivity index (χ3v) is 2.50. The van der Waals surface area contributed by atoms with Crippen LogP contribution in [0.3, 0.4) is 0 Å². The van der Waals surface area contributed by atoms with Crippen LogP contribution in [-0.4, -0.2) is 13.0 Å². The lowest BCUT2D eigenvalue weighted by Crippen LogP contribution is -2.08. The van der Waals surface area contributed by atoms with Crippen molar-refractivity contribution in [3.63, 3.8) is 0 Å². The van der Waals surface area contributed by atoms with E-state index in [9.17, 15) is 4.79 Å². The number of ether oxygens (including phenoxy) is 2. The molecule has 0 aliphatic carbocycles. The molecule has 0 bridgehead atoms. The highest BCUT2D eigenvalue weighted by Gasteiger charge is 1.99. The lowest BCUT2D eigenvalue weighted by molar-refractivity contribution is -0.112. The number of benzene rings is 2. The molecule has 0 saturated carbocycles. The van der Waals surface area contributed by atoms with Crippen LogP contribution >= 0.6 is 0 Å². The number of hydrogen-bond acceptors (Lipinski definition) is 3. The normalized spacial score (nSPS) is 10.2. The summed E-state index contributed by atoms with van der Waals surface area (Å²) in [4.78, 5) is 11.7. The maximum absolute atomic E-state index is 11.7. The molecule has 1 amide bonds. The van der Waals surface area contributed by atoms with Crippen molar-refractivity contribution < 1.29 is 14.3 Å². The number of carbonyl (C=O) groups is 1. The first kappa shape index (κ1) is 13.7. The highest BCUT2D eigenvalue weighted by atomic mass is 16.5. The minimum atomic E-state index is -0.269. The first-order valence-electron chi connectivity index (χ1n) is 6.11. The molecule has 4 nitrogen and oxygen atoms in total. The fraction of sp³-hybridized carbons (Fsp3) is 0.0625. The van der Waals surface area contributed by atoms with Gasteiger partial charge in [0.25, 0.3) is 5.91 Å². The van der Waals surface area contributed by atoms with Gasteiger partial charge >= 0.3 is 0 Å². The van der Waals surface area contributed by atoms with Crippen LogP contribution in [0.2, 0.25) is 0 Å². The topological polar surface area (TPSA) is 47.6 Å². The molecular formula is C16H15NO3. The van der Waals surface area contributed by atoms with Gasteiger partial charge in [-0.05, 0) is 24.3 Å². The van der Waals surface area contributed by atoms with Gasteiger partial charge in [0.15, 0.2) is 0 Å². The molecule has 0 fully saturated rings. The van der Waals surface area contributed by atoms with Gasteiger partial charge in [-0.2, -0.15) is 0 Å². The summed E-state index contributed by atoms with van der Waals surface area (Å²) in [6, 6.07) is 16.4. The molecule has 102 valence electrons. The van der Waals surface area contributed by atoms with Crippen molar-refractivity contribution in [1.82, 2.24) is 0 Å². The predicted molar refractivity (Wildman–Crippen MR) is 77.8 cm³/mol. The van der Waals surface area contributed by atoms with E-state index in [0.29, 0.717) is 17.2 Å². The van der Waals surface area contributed by atoms with Crippen LogP contribution in [0.25, 0.3) is 0 Å². The van der Waals surface area contributed by atoms with Gasteiger partial charge in [0.2, 0.25) is 0 Å². The number of hydrogen-bond donors (Lipinski definition) is 1. The monoisotopic (exact) mass is 269 g/mol. The van der Waals surface area contributed by atoms with E-state index in [1.54, 1.807) is 25.3 Å². The fourth-order valence-corrected chi connectivity index (χ4v) is 1.56. The van der Waals surface area contributed by atoms with E-state index in [1.807, 2.05) is 36.4 Å². The van der Waals surface area contributed by atoms with Crippen LogP contribution in [-0.2, 0) is 4.79 Å². The Labute approximate surface area is 117 Å². The Morgan fingerprint density at radius 3 is 2.55 bits per heavy atom. The SMILES string of the molecule is COc1cccc(NC(=O)C=COc2ccccc2)c1. The molecule has 2 rings (SSSR count). The second-order valence-corrected chi connectivity index (χ2v) is 3.95. The molecule has 20 heavy (non-hydrogen) atoms. The second-order valence-electron chi connectivity index (χ2n) is 3.95. The molecule has 1 N–H and O–H groups in total. The maximum Gasteiger partial charge on any atom is 0.251 e. The van der Waals surface area contributed by atoms with Crippen molar-refractivity contribution in [3.8, 4) is 11.5 Å². The molecule has 0 aromatic heterocycles. The van der Waals surface area contributed by atoms with E-state index in [-0.39, 0.29) is 5.91 Å². The average Bonchev–Trinajstić information content (AvgIpc) is 2.48. The number of para-hydroxylation sites is 1. The van der Waals surface area contributed by atoms with E-state index in [2.05, 4.69) is 5.32 Å². The quantitative estimate of drug-likeness (QED) is 0.669. The van der Waals surface area contributed by atoms with Crippen molar-refractivity contribution in [2.45, 2.75) is 0 Å². The molecule has 0 radical (unpaired) electrons. The van der Waals surface area contributed by atoms with E-state index in [1.165, 1.54) is 12.3 Å². The number of amides is 1.